The molecule has 3 rings (SSSR count). The summed E-state index contributed by atoms with van der Waals surface area (Å²) in [5, 5.41) is 15.6. The van der Waals surface area contributed by atoms with Crippen LogP contribution in [0.3, 0.4) is 0 Å². The first-order valence-electron chi connectivity index (χ1n) is 11.1. The number of thioether (sulfide) groups is 1. The number of anilines is 1. The van der Waals surface area contributed by atoms with Crippen molar-refractivity contribution >= 4 is 40.9 Å². The van der Waals surface area contributed by atoms with E-state index in [2.05, 4.69) is 34.7 Å². The number of rotatable bonds is 9. The van der Waals surface area contributed by atoms with Crippen molar-refractivity contribution in [3.63, 3.8) is 0 Å². The number of halogens is 1. The molecular weight excluding hydrogens is 470 g/mol. The molecule has 0 saturated heterocycles. The van der Waals surface area contributed by atoms with Gasteiger partial charge in [0.1, 0.15) is 0 Å². The number of hydrogen-bond donors (Lipinski definition) is 2. The number of nitrogens with zero attached hydrogens (tertiary/aromatic N) is 3. The van der Waals surface area contributed by atoms with Gasteiger partial charge < -0.3 is 15.2 Å². The highest BCUT2D eigenvalue weighted by Crippen LogP contribution is 2.25. The number of benzene rings is 2. The number of amides is 2. The van der Waals surface area contributed by atoms with E-state index in [0.717, 1.165) is 16.8 Å². The van der Waals surface area contributed by atoms with Gasteiger partial charge in [0, 0.05) is 12.7 Å². The second-order valence-electron chi connectivity index (χ2n) is 8.62. The Balaban J connectivity index is 1.70. The number of nitrogens with one attached hydrogen (secondary N) is 2. The summed E-state index contributed by atoms with van der Waals surface area (Å²) in [5.41, 5.74) is 3.40. The molecule has 3 aromatic rings. The highest BCUT2D eigenvalue weighted by molar-refractivity contribution is 7.99. The van der Waals surface area contributed by atoms with Crippen LogP contribution in [0.5, 0.6) is 0 Å². The Labute approximate surface area is 209 Å². The van der Waals surface area contributed by atoms with Crippen molar-refractivity contribution < 1.29 is 9.59 Å². The molecule has 0 radical (unpaired) electrons. The Morgan fingerprint density at radius 1 is 1.09 bits per heavy atom. The normalized spacial score (nSPS) is 12.0. The fourth-order valence-electron chi connectivity index (χ4n) is 3.54. The van der Waals surface area contributed by atoms with Gasteiger partial charge in [-0.15, -0.1) is 10.2 Å². The fraction of sp³-hybridized carbons (Fsp3) is 0.360. The lowest BCUT2D eigenvalue weighted by molar-refractivity contribution is -0.113. The topological polar surface area (TPSA) is 88.9 Å². The third-order valence-corrected chi connectivity index (χ3v) is 6.87. The van der Waals surface area contributed by atoms with E-state index in [1.54, 1.807) is 24.3 Å². The van der Waals surface area contributed by atoms with Crippen molar-refractivity contribution in [1.82, 2.24) is 20.1 Å². The average molecular weight is 500 g/mol. The maximum absolute atomic E-state index is 12.9. The van der Waals surface area contributed by atoms with E-state index < -0.39 is 0 Å². The van der Waals surface area contributed by atoms with Gasteiger partial charge >= 0.3 is 0 Å². The molecule has 34 heavy (non-hydrogen) atoms. The Kier molecular flexibility index (Phi) is 8.74. The van der Waals surface area contributed by atoms with E-state index in [-0.39, 0.29) is 23.6 Å². The fourth-order valence-corrected chi connectivity index (χ4v) is 4.48. The summed E-state index contributed by atoms with van der Waals surface area (Å²) in [7, 11) is 1.84. The van der Waals surface area contributed by atoms with Crippen LogP contribution in [0.1, 0.15) is 53.6 Å². The van der Waals surface area contributed by atoms with E-state index in [1.807, 2.05) is 43.7 Å². The van der Waals surface area contributed by atoms with Gasteiger partial charge in [0.25, 0.3) is 5.91 Å². The van der Waals surface area contributed by atoms with Gasteiger partial charge in [0.2, 0.25) is 5.91 Å². The van der Waals surface area contributed by atoms with Crippen LogP contribution in [0.25, 0.3) is 0 Å². The van der Waals surface area contributed by atoms with Crippen LogP contribution in [-0.4, -0.2) is 32.3 Å². The summed E-state index contributed by atoms with van der Waals surface area (Å²) in [4.78, 5) is 25.4. The van der Waals surface area contributed by atoms with Crippen LogP contribution in [0, 0.1) is 19.8 Å². The SMILES string of the molecule is Cc1cccc(NC(=O)CSc2nnc([C@H](CC(C)C)NC(=O)c3ccccc3Cl)n2C)c1C. The van der Waals surface area contributed by atoms with Gasteiger partial charge in [0.05, 0.1) is 22.4 Å². The first-order valence-corrected chi connectivity index (χ1v) is 12.5. The van der Waals surface area contributed by atoms with Gasteiger partial charge in [-0.3, -0.25) is 9.59 Å². The molecule has 9 heteroatoms. The summed E-state index contributed by atoms with van der Waals surface area (Å²) in [6.07, 6.45) is 0.681. The largest absolute Gasteiger partial charge is 0.342 e. The number of aryl methyl sites for hydroxylation is 1. The zero-order chi connectivity index (χ0) is 24.8. The molecule has 0 fully saturated rings. The minimum absolute atomic E-state index is 0.117. The Morgan fingerprint density at radius 3 is 2.53 bits per heavy atom. The predicted octanol–water partition coefficient (Wildman–Crippen LogP) is 5.33. The minimum Gasteiger partial charge on any atom is -0.342 e. The van der Waals surface area contributed by atoms with Gasteiger partial charge in [0.15, 0.2) is 11.0 Å². The molecule has 2 N–H and O–H groups in total. The van der Waals surface area contributed by atoms with Crippen molar-refractivity contribution in [2.24, 2.45) is 13.0 Å². The molecule has 0 aliphatic carbocycles. The first-order chi connectivity index (χ1) is 16.2. The number of hydrogen-bond acceptors (Lipinski definition) is 5. The summed E-state index contributed by atoms with van der Waals surface area (Å²) in [5.74, 6) is 0.759. The number of carbonyl (C=O) groups is 2. The summed E-state index contributed by atoms with van der Waals surface area (Å²) >= 11 is 7.50. The van der Waals surface area contributed by atoms with E-state index >= 15 is 0 Å². The van der Waals surface area contributed by atoms with Crippen molar-refractivity contribution in [2.45, 2.75) is 45.3 Å². The molecule has 1 aromatic heterocycles. The molecule has 180 valence electrons. The lowest BCUT2D eigenvalue weighted by Crippen LogP contribution is -2.31. The van der Waals surface area contributed by atoms with Crippen LogP contribution < -0.4 is 10.6 Å². The van der Waals surface area contributed by atoms with Crippen LogP contribution in [0.2, 0.25) is 5.02 Å². The van der Waals surface area contributed by atoms with E-state index in [4.69, 9.17) is 11.6 Å². The van der Waals surface area contributed by atoms with Crippen molar-refractivity contribution in [3.05, 3.63) is 70.0 Å². The maximum atomic E-state index is 12.9. The van der Waals surface area contributed by atoms with Crippen LogP contribution in [0.4, 0.5) is 5.69 Å². The third-order valence-electron chi connectivity index (χ3n) is 5.52. The molecule has 0 aliphatic heterocycles. The Hall–Kier alpha value is -2.84. The highest BCUT2D eigenvalue weighted by Gasteiger charge is 2.24. The van der Waals surface area contributed by atoms with Crippen LogP contribution >= 0.6 is 23.4 Å². The molecule has 0 unspecified atom stereocenters. The number of aromatic nitrogens is 3. The van der Waals surface area contributed by atoms with Crippen molar-refractivity contribution in [3.8, 4) is 0 Å². The highest BCUT2D eigenvalue weighted by atomic mass is 35.5. The van der Waals surface area contributed by atoms with Gasteiger partial charge in [-0.05, 0) is 55.5 Å². The molecule has 1 heterocycles. The lowest BCUT2D eigenvalue weighted by atomic mass is 10.0. The zero-order valence-corrected chi connectivity index (χ0v) is 21.6. The van der Waals surface area contributed by atoms with E-state index in [9.17, 15) is 9.59 Å². The summed E-state index contributed by atoms with van der Waals surface area (Å²) < 4.78 is 1.83. The summed E-state index contributed by atoms with van der Waals surface area (Å²) in [6.45, 7) is 8.16. The zero-order valence-electron chi connectivity index (χ0n) is 20.1. The molecule has 2 amide bonds. The smallest absolute Gasteiger partial charge is 0.253 e. The molecule has 0 spiro atoms. The third kappa shape index (κ3) is 6.39. The standard InChI is InChI=1S/C25H30ClN5O2S/c1-15(2)13-21(28-24(33)18-10-6-7-11-19(18)26)23-29-30-25(31(23)5)34-14-22(32)27-20-12-8-9-16(3)17(20)4/h6-12,15,21H,13-14H2,1-5H3,(H,27,32)(H,28,33)/t21-/m0/s1. The van der Waals surface area contributed by atoms with Crippen LogP contribution in [0.15, 0.2) is 47.6 Å². The molecule has 1 atom stereocenters. The van der Waals surface area contributed by atoms with E-state index in [1.165, 1.54) is 11.8 Å². The monoisotopic (exact) mass is 499 g/mol. The predicted molar refractivity (Wildman–Crippen MR) is 137 cm³/mol. The van der Waals surface area contributed by atoms with Gasteiger partial charge in [-0.25, -0.2) is 0 Å². The lowest BCUT2D eigenvalue weighted by Gasteiger charge is -2.20. The number of carbonyl (C=O) groups excluding carboxylic acids is 2. The first kappa shape index (κ1) is 25.8. The second kappa shape index (κ2) is 11.5. The Morgan fingerprint density at radius 2 is 1.82 bits per heavy atom. The molecule has 7 nitrogen and oxygen atoms in total. The van der Waals surface area contributed by atoms with Crippen molar-refractivity contribution in [1.29, 1.82) is 0 Å². The quantitative estimate of drug-likeness (QED) is 0.388. The van der Waals surface area contributed by atoms with Gasteiger partial charge in [-0.2, -0.15) is 0 Å². The average Bonchev–Trinajstić information content (AvgIpc) is 3.15. The molecule has 0 saturated carbocycles. The molecule has 0 aliphatic rings. The van der Waals surface area contributed by atoms with E-state index in [0.29, 0.717) is 33.9 Å². The second-order valence-corrected chi connectivity index (χ2v) is 9.97. The van der Waals surface area contributed by atoms with Crippen LogP contribution in [-0.2, 0) is 11.8 Å². The summed E-state index contributed by atoms with van der Waals surface area (Å²) in [6, 6.07) is 12.4. The van der Waals surface area contributed by atoms with Gasteiger partial charge in [-0.1, -0.05) is 61.5 Å². The Bertz CT molecular complexity index is 1180. The molecule has 2 aromatic carbocycles. The molecule has 0 bridgehead atoms. The molecular formula is C25H30ClN5O2S. The maximum Gasteiger partial charge on any atom is 0.253 e. The van der Waals surface area contributed by atoms with Crippen molar-refractivity contribution in [2.75, 3.05) is 11.1 Å². The minimum atomic E-state index is -0.348.